The van der Waals surface area contributed by atoms with Crippen molar-refractivity contribution >= 4 is 28.4 Å². The summed E-state index contributed by atoms with van der Waals surface area (Å²) >= 11 is 6.31. The van der Waals surface area contributed by atoms with Crippen molar-refractivity contribution in [1.29, 1.82) is 0 Å². The van der Waals surface area contributed by atoms with E-state index in [9.17, 15) is 9.59 Å². The van der Waals surface area contributed by atoms with Crippen LogP contribution in [-0.4, -0.2) is 35.5 Å². The van der Waals surface area contributed by atoms with Crippen LogP contribution in [0.2, 0.25) is 5.02 Å². The second-order valence-corrected chi connectivity index (χ2v) is 9.15. The van der Waals surface area contributed by atoms with Crippen molar-refractivity contribution in [2.24, 2.45) is 0 Å². The fourth-order valence-electron chi connectivity index (χ4n) is 4.97. The molecule has 0 saturated carbocycles. The molecule has 0 saturated heterocycles. The van der Waals surface area contributed by atoms with Gasteiger partial charge in [-0.2, -0.15) is 0 Å². The summed E-state index contributed by atoms with van der Waals surface area (Å²) in [5, 5.41) is 1.72. The molecule has 0 spiro atoms. The number of nitrogens with zero attached hydrogens (tertiary/aromatic N) is 5. The van der Waals surface area contributed by atoms with Gasteiger partial charge in [-0.1, -0.05) is 11.6 Å². The number of rotatable bonds is 4. The minimum Gasteiger partial charge on any atom is -0.347 e. The molecule has 170 valence electrons. The lowest BCUT2D eigenvalue weighted by molar-refractivity contribution is 0.0512. The molecule has 0 aliphatic carbocycles. The lowest BCUT2D eigenvalue weighted by Gasteiger charge is -2.39. The average Bonchev–Trinajstić information content (AvgIpc) is 3.37. The van der Waals surface area contributed by atoms with Gasteiger partial charge in [-0.3, -0.25) is 9.59 Å². The van der Waals surface area contributed by atoms with Gasteiger partial charge in [-0.05, 0) is 63.6 Å². The molecular formula is C25H26ClN5O2. The van der Waals surface area contributed by atoms with Gasteiger partial charge < -0.3 is 18.6 Å². The molecule has 3 aromatic heterocycles. The summed E-state index contributed by atoms with van der Waals surface area (Å²) < 4.78 is 5.47. The standard InChI is InChI=1S/C25H26ClN5O2/c1-5-28-13-20(19-10-18(26)6-7-21(19)28)17(4)31-16(3)12-30-23(25(31)33)9-8-22(24(30)32)29-11-15(2)27-14-29/h6-11,13-14,16-17H,5,12H2,1-4H3. The van der Waals surface area contributed by atoms with Crippen LogP contribution >= 0.6 is 11.6 Å². The number of benzene rings is 1. The van der Waals surface area contributed by atoms with Gasteiger partial charge in [0.25, 0.3) is 11.5 Å². The van der Waals surface area contributed by atoms with Crippen molar-refractivity contribution in [3.63, 3.8) is 0 Å². The number of pyridine rings is 1. The van der Waals surface area contributed by atoms with Gasteiger partial charge in [0, 0.05) is 47.5 Å². The Hall–Kier alpha value is -3.32. The number of aromatic nitrogens is 4. The Morgan fingerprint density at radius 3 is 2.67 bits per heavy atom. The van der Waals surface area contributed by atoms with E-state index in [1.807, 2.05) is 43.9 Å². The first-order chi connectivity index (χ1) is 15.8. The van der Waals surface area contributed by atoms with Crippen LogP contribution in [0, 0.1) is 6.92 Å². The Bertz CT molecular complexity index is 1450. The van der Waals surface area contributed by atoms with Crippen LogP contribution in [0.5, 0.6) is 0 Å². The Balaban J connectivity index is 1.57. The maximum atomic E-state index is 13.6. The SMILES string of the molecule is CCn1cc(C(C)N2C(=O)c3ccc(-n4cnc(C)c4)c(=O)n3CC2C)c2cc(Cl)ccc21. The van der Waals surface area contributed by atoms with E-state index in [0.29, 0.717) is 22.9 Å². The molecule has 1 aromatic carbocycles. The van der Waals surface area contributed by atoms with Gasteiger partial charge in [0.05, 0.1) is 18.1 Å². The number of hydrogen-bond acceptors (Lipinski definition) is 3. The average molecular weight is 464 g/mol. The molecule has 0 bridgehead atoms. The first kappa shape index (κ1) is 21.5. The number of hydrogen-bond donors (Lipinski definition) is 0. The molecule has 1 aliphatic heterocycles. The monoisotopic (exact) mass is 463 g/mol. The van der Waals surface area contributed by atoms with E-state index in [1.54, 1.807) is 33.8 Å². The van der Waals surface area contributed by atoms with Crippen LogP contribution in [0.15, 0.2) is 53.8 Å². The predicted molar refractivity (Wildman–Crippen MR) is 129 cm³/mol. The molecule has 7 nitrogen and oxygen atoms in total. The summed E-state index contributed by atoms with van der Waals surface area (Å²) in [7, 11) is 0. The molecule has 4 aromatic rings. The molecule has 2 unspecified atom stereocenters. The van der Waals surface area contributed by atoms with Gasteiger partial charge in [-0.25, -0.2) is 4.98 Å². The molecule has 4 heterocycles. The van der Waals surface area contributed by atoms with E-state index >= 15 is 0 Å². The smallest absolute Gasteiger partial charge is 0.275 e. The quantitative estimate of drug-likeness (QED) is 0.445. The van der Waals surface area contributed by atoms with Crippen molar-refractivity contribution < 1.29 is 4.79 Å². The highest BCUT2D eigenvalue weighted by Gasteiger charge is 2.35. The van der Waals surface area contributed by atoms with Crippen molar-refractivity contribution in [3.05, 3.63) is 81.4 Å². The molecule has 5 rings (SSSR count). The van der Waals surface area contributed by atoms with Crippen LogP contribution in [0.1, 0.15) is 48.6 Å². The third-order valence-corrected chi connectivity index (χ3v) is 6.84. The van der Waals surface area contributed by atoms with E-state index in [4.69, 9.17) is 11.6 Å². The van der Waals surface area contributed by atoms with E-state index in [-0.39, 0.29) is 23.6 Å². The molecular weight excluding hydrogens is 438 g/mol. The van der Waals surface area contributed by atoms with Crippen LogP contribution in [-0.2, 0) is 13.1 Å². The van der Waals surface area contributed by atoms with E-state index in [0.717, 1.165) is 28.7 Å². The van der Waals surface area contributed by atoms with Gasteiger partial charge in [-0.15, -0.1) is 0 Å². The second-order valence-electron chi connectivity index (χ2n) is 8.71. The second kappa shape index (κ2) is 7.92. The number of amides is 1. The fourth-order valence-corrected chi connectivity index (χ4v) is 5.14. The zero-order valence-electron chi connectivity index (χ0n) is 19.1. The van der Waals surface area contributed by atoms with Crippen molar-refractivity contribution in [2.75, 3.05) is 0 Å². The van der Waals surface area contributed by atoms with Crippen molar-refractivity contribution in [3.8, 4) is 5.69 Å². The summed E-state index contributed by atoms with van der Waals surface area (Å²) in [6.45, 7) is 9.26. The minimum atomic E-state index is -0.188. The Kier molecular flexibility index (Phi) is 5.16. The summed E-state index contributed by atoms with van der Waals surface area (Å²) in [6.07, 6.45) is 5.54. The third-order valence-electron chi connectivity index (χ3n) is 6.60. The molecule has 8 heteroatoms. The van der Waals surface area contributed by atoms with Crippen molar-refractivity contribution in [2.45, 2.75) is 52.9 Å². The highest BCUT2D eigenvalue weighted by molar-refractivity contribution is 6.31. The summed E-state index contributed by atoms with van der Waals surface area (Å²) in [5.41, 5.74) is 3.68. The molecule has 1 amide bonds. The van der Waals surface area contributed by atoms with E-state index in [1.165, 1.54) is 0 Å². The summed E-state index contributed by atoms with van der Waals surface area (Å²) in [5.74, 6) is -0.147. The van der Waals surface area contributed by atoms with Crippen LogP contribution < -0.4 is 5.56 Å². The normalized spacial score (nSPS) is 16.9. The van der Waals surface area contributed by atoms with Crippen LogP contribution in [0.4, 0.5) is 0 Å². The number of aryl methyl sites for hydroxylation is 2. The van der Waals surface area contributed by atoms with Gasteiger partial charge >= 0.3 is 0 Å². The van der Waals surface area contributed by atoms with Crippen molar-refractivity contribution in [1.82, 2.24) is 23.6 Å². The maximum absolute atomic E-state index is 13.6. The zero-order chi connectivity index (χ0) is 23.4. The largest absolute Gasteiger partial charge is 0.347 e. The van der Waals surface area contributed by atoms with Gasteiger partial charge in [0.1, 0.15) is 11.4 Å². The molecule has 0 radical (unpaired) electrons. The highest BCUT2D eigenvalue weighted by atomic mass is 35.5. The lowest BCUT2D eigenvalue weighted by Crippen LogP contribution is -2.50. The van der Waals surface area contributed by atoms with Gasteiger partial charge in [0.15, 0.2) is 0 Å². The highest BCUT2D eigenvalue weighted by Crippen LogP contribution is 2.35. The van der Waals surface area contributed by atoms with Crippen LogP contribution in [0.25, 0.3) is 16.6 Å². The fraction of sp³-hybridized carbons (Fsp3) is 0.320. The molecule has 0 fully saturated rings. The molecule has 33 heavy (non-hydrogen) atoms. The van der Waals surface area contributed by atoms with Gasteiger partial charge in [0.2, 0.25) is 0 Å². The van der Waals surface area contributed by atoms with E-state index < -0.39 is 0 Å². The Morgan fingerprint density at radius 1 is 1.18 bits per heavy atom. The third kappa shape index (κ3) is 3.38. The number of carbonyl (C=O) groups excluding carboxylic acids is 1. The number of imidazole rings is 1. The maximum Gasteiger partial charge on any atom is 0.275 e. The predicted octanol–water partition coefficient (Wildman–Crippen LogP) is 4.58. The number of halogens is 1. The number of fused-ring (bicyclic) bond motifs is 2. The Morgan fingerprint density at radius 2 is 1.97 bits per heavy atom. The number of carbonyl (C=O) groups is 1. The summed E-state index contributed by atoms with van der Waals surface area (Å²) in [4.78, 5) is 33.0. The zero-order valence-corrected chi connectivity index (χ0v) is 19.9. The minimum absolute atomic E-state index is 0.147. The topological polar surface area (TPSA) is 65.1 Å². The first-order valence-corrected chi connectivity index (χ1v) is 11.5. The molecule has 2 atom stereocenters. The lowest BCUT2D eigenvalue weighted by atomic mass is 10.0. The molecule has 1 aliphatic rings. The Labute approximate surface area is 196 Å². The van der Waals surface area contributed by atoms with E-state index in [2.05, 4.69) is 22.7 Å². The summed E-state index contributed by atoms with van der Waals surface area (Å²) in [6, 6.07) is 8.99. The first-order valence-electron chi connectivity index (χ1n) is 11.2. The molecule has 0 N–H and O–H groups in total. The van der Waals surface area contributed by atoms with Crippen LogP contribution in [0.3, 0.4) is 0 Å².